The number of carbonyl (C=O) groups excluding carboxylic acids is 2. The summed E-state index contributed by atoms with van der Waals surface area (Å²) in [6.07, 6.45) is 0. The molecule has 0 unspecified atom stereocenters. The van der Waals surface area contributed by atoms with Crippen LogP contribution in [0.2, 0.25) is 0 Å². The lowest BCUT2D eigenvalue weighted by Crippen LogP contribution is -2.14. The molecule has 2 rings (SSSR count). The Kier molecular flexibility index (Phi) is 5.50. The lowest BCUT2D eigenvalue weighted by molar-refractivity contribution is 0.0474. The molecule has 0 saturated heterocycles. The van der Waals surface area contributed by atoms with Crippen LogP contribution in [0, 0.1) is 11.3 Å². The number of nitriles is 1. The van der Waals surface area contributed by atoms with Crippen LogP contribution in [-0.4, -0.2) is 25.5 Å². The molecule has 0 aromatic heterocycles. The number of Topliss-reactive ketones (excluding diaryl/α,β-unsaturated/α-hetero) is 1. The number of nitrogens with zero attached hydrogens (tertiary/aromatic N) is 1. The van der Waals surface area contributed by atoms with Gasteiger partial charge in [0.25, 0.3) is 0 Å². The van der Waals surface area contributed by atoms with Crippen LogP contribution in [0.4, 0.5) is 0 Å². The molecule has 5 nitrogen and oxygen atoms in total. The smallest absolute Gasteiger partial charge is 0.338 e. The third-order valence-electron chi connectivity index (χ3n) is 3.06. The van der Waals surface area contributed by atoms with Crippen molar-refractivity contribution in [2.45, 2.75) is 0 Å². The second-order valence-electron chi connectivity index (χ2n) is 4.54. The van der Waals surface area contributed by atoms with Crippen LogP contribution in [0.5, 0.6) is 5.75 Å². The van der Waals surface area contributed by atoms with E-state index in [1.165, 1.54) is 31.4 Å². The first kappa shape index (κ1) is 16.7. The molecule has 0 aliphatic rings. The van der Waals surface area contributed by atoms with Crippen molar-refractivity contribution in [3.05, 3.63) is 63.6 Å². The summed E-state index contributed by atoms with van der Waals surface area (Å²) in [5.41, 5.74) is 1.14. The van der Waals surface area contributed by atoms with Crippen LogP contribution in [-0.2, 0) is 4.74 Å². The van der Waals surface area contributed by atoms with Gasteiger partial charge in [-0.2, -0.15) is 5.26 Å². The highest BCUT2D eigenvalue weighted by molar-refractivity contribution is 9.10. The monoisotopic (exact) mass is 373 g/mol. The standard InChI is InChI=1S/C17H12BrNO4/c1-22-16-7-6-13(8-14(16)18)15(20)10-23-17(21)12-4-2-11(9-19)3-5-12/h2-8H,10H2,1H3. The number of methoxy groups -OCH3 is 1. The van der Waals surface area contributed by atoms with Gasteiger partial charge in [0.2, 0.25) is 0 Å². The fourth-order valence-electron chi connectivity index (χ4n) is 1.82. The summed E-state index contributed by atoms with van der Waals surface area (Å²) in [6.45, 7) is -0.363. The maximum absolute atomic E-state index is 12.1. The molecule has 0 aliphatic carbocycles. The van der Waals surface area contributed by atoms with Crippen molar-refractivity contribution in [3.8, 4) is 11.8 Å². The van der Waals surface area contributed by atoms with Crippen LogP contribution in [0.15, 0.2) is 46.9 Å². The zero-order valence-corrected chi connectivity index (χ0v) is 13.8. The van der Waals surface area contributed by atoms with E-state index in [9.17, 15) is 9.59 Å². The Hall–Kier alpha value is -2.65. The molecule has 0 saturated carbocycles. The number of benzene rings is 2. The Bertz CT molecular complexity index is 778. The fourth-order valence-corrected chi connectivity index (χ4v) is 2.36. The normalized spacial score (nSPS) is 9.78. The van der Waals surface area contributed by atoms with E-state index in [1.54, 1.807) is 18.2 Å². The van der Waals surface area contributed by atoms with Gasteiger partial charge in [-0.3, -0.25) is 4.79 Å². The van der Waals surface area contributed by atoms with E-state index in [-0.39, 0.29) is 18.0 Å². The SMILES string of the molecule is COc1ccc(C(=O)COC(=O)c2ccc(C#N)cc2)cc1Br. The molecule has 0 heterocycles. The first-order valence-corrected chi connectivity index (χ1v) is 7.38. The predicted molar refractivity (Wildman–Crippen MR) is 86.5 cm³/mol. The maximum Gasteiger partial charge on any atom is 0.338 e. The predicted octanol–water partition coefficient (Wildman–Crippen LogP) is 3.37. The highest BCUT2D eigenvalue weighted by Gasteiger charge is 2.13. The molecule has 0 bridgehead atoms. The van der Waals surface area contributed by atoms with E-state index in [0.29, 0.717) is 21.3 Å². The van der Waals surface area contributed by atoms with E-state index >= 15 is 0 Å². The number of esters is 1. The van der Waals surface area contributed by atoms with Crippen molar-refractivity contribution < 1.29 is 19.1 Å². The molecule has 0 atom stereocenters. The maximum atomic E-state index is 12.1. The summed E-state index contributed by atoms with van der Waals surface area (Å²) in [6, 6.07) is 12.8. The van der Waals surface area contributed by atoms with Crippen molar-refractivity contribution >= 4 is 27.7 Å². The average molecular weight is 374 g/mol. The van der Waals surface area contributed by atoms with Gasteiger partial charge in [0.05, 0.1) is 28.8 Å². The van der Waals surface area contributed by atoms with Gasteiger partial charge in [0, 0.05) is 5.56 Å². The molecule has 2 aromatic rings. The Morgan fingerprint density at radius 3 is 2.35 bits per heavy atom. The lowest BCUT2D eigenvalue weighted by Gasteiger charge is -2.07. The third kappa shape index (κ3) is 4.18. The second kappa shape index (κ2) is 7.56. The summed E-state index contributed by atoms with van der Waals surface area (Å²) in [5.74, 6) is -0.332. The molecule has 0 aliphatic heterocycles. The number of halogens is 1. The molecule has 0 radical (unpaired) electrons. The van der Waals surface area contributed by atoms with Crippen LogP contribution in [0.3, 0.4) is 0 Å². The van der Waals surface area contributed by atoms with Crippen LogP contribution >= 0.6 is 15.9 Å². The number of ether oxygens (including phenoxy) is 2. The van der Waals surface area contributed by atoms with Gasteiger partial charge >= 0.3 is 5.97 Å². The van der Waals surface area contributed by atoms with Crippen LogP contribution in [0.25, 0.3) is 0 Å². The van der Waals surface area contributed by atoms with Gasteiger partial charge in [0.15, 0.2) is 12.4 Å². The van der Waals surface area contributed by atoms with Crippen molar-refractivity contribution in [1.82, 2.24) is 0 Å². The number of carbonyl (C=O) groups is 2. The van der Waals surface area contributed by atoms with Gasteiger partial charge in [-0.05, 0) is 58.4 Å². The largest absolute Gasteiger partial charge is 0.496 e. The third-order valence-corrected chi connectivity index (χ3v) is 3.68. The molecule has 0 spiro atoms. The molecule has 0 amide bonds. The Labute approximate surface area is 141 Å². The molecular formula is C17H12BrNO4. The minimum absolute atomic E-state index is 0.285. The first-order chi connectivity index (χ1) is 11.0. The highest BCUT2D eigenvalue weighted by Crippen LogP contribution is 2.25. The van der Waals surface area contributed by atoms with Gasteiger partial charge < -0.3 is 9.47 Å². The van der Waals surface area contributed by atoms with Gasteiger partial charge in [-0.1, -0.05) is 0 Å². The summed E-state index contributed by atoms with van der Waals surface area (Å²) in [7, 11) is 1.53. The molecule has 0 N–H and O–H groups in total. The lowest BCUT2D eigenvalue weighted by atomic mass is 10.1. The van der Waals surface area contributed by atoms with E-state index in [2.05, 4.69) is 15.9 Å². The number of rotatable bonds is 5. The molecule has 2 aromatic carbocycles. The van der Waals surface area contributed by atoms with E-state index in [1.807, 2.05) is 6.07 Å². The van der Waals surface area contributed by atoms with E-state index in [0.717, 1.165) is 0 Å². The molecular weight excluding hydrogens is 362 g/mol. The van der Waals surface area contributed by atoms with Crippen LogP contribution in [0.1, 0.15) is 26.3 Å². The molecule has 116 valence electrons. The van der Waals surface area contributed by atoms with Crippen molar-refractivity contribution in [2.24, 2.45) is 0 Å². The highest BCUT2D eigenvalue weighted by atomic mass is 79.9. The first-order valence-electron chi connectivity index (χ1n) is 6.59. The van der Waals surface area contributed by atoms with Crippen molar-refractivity contribution in [2.75, 3.05) is 13.7 Å². The second-order valence-corrected chi connectivity index (χ2v) is 5.39. The summed E-state index contributed by atoms with van der Waals surface area (Å²) < 4.78 is 10.7. The Morgan fingerprint density at radius 2 is 1.78 bits per heavy atom. The number of hydrogen-bond donors (Lipinski definition) is 0. The fraction of sp³-hybridized carbons (Fsp3) is 0.118. The van der Waals surface area contributed by atoms with Gasteiger partial charge in [0.1, 0.15) is 5.75 Å². The molecule has 23 heavy (non-hydrogen) atoms. The number of ketones is 1. The Morgan fingerprint density at radius 1 is 1.13 bits per heavy atom. The topological polar surface area (TPSA) is 76.4 Å². The molecule has 6 heteroatoms. The summed E-state index contributed by atoms with van der Waals surface area (Å²) in [5, 5.41) is 8.71. The number of hydrogen-bond acceptors (Lipinski definition) is 5. The summed E-state index contributed by atoms with van der Waals surface area (Å²) in [4.78, 5) is 23.9. The average Bonchev–Trinajstić information content (AvgIpc) is 2.59. The van der Waals surface area contributed by atoms with E-state index in [4.69, 9.17) is 14.7 Å². The minimum atomic E-state index is -0.615. The van der Waals surface area contributed by atoms with Gasteiger partial charge in [-0.15, -0.1) is 0 Å². The zero-order valence-electron chi connectivity index (χ0n) is 12.2. The van der Waals surface area contributed by atoms with Gasteiger partial charge in [-0.25, -0.2) is 4.79 Å². The van der Waals surface area contributed by atoms with Crippen LogP contribution < -0.4 is 4.74 Å². The molecule has 0 fully saturated rings. The van der Waals surface area contributed by atoms with Crippen molar-refractivity contribution in [3.63, 3.8) is 0 Å². The minimum Gasteiger partial charge on any atom is -0.496 e. The zero-order chi connectivity index (χ0) is 16.8. The summed E-state index contributed by atoms with van der Waals surface area (Å²) >= 11 is 3.29. The quantitative estimate of drug-likeness (QED) is 0.593. The van der Waals surface area contributed by atoms with Crippen molar-refractivity contribution in [1.29, 1.82) is 5.26 Å². The van der Waals surface area contributed by atoms with E-state index < -0.39 is 5.97 Å². The Balaban J connectivity index is 1.99.